The molecule has 2 N–H and O–H groups in total. The normalized spacial score (nSPS) is 15.3. The van der Waals surface area contributed by atoms with Crippen molar-refractivity contribution in [3.63, 3.8) is 0 Å². The van der Waals surface area contributed by atoms with Crippen LogP contribution in [0.2, 0.25) is 0 Å². The van der Waals surface area contributed by atoms with Gasteiger partial charge in [0.2, 0.25) is 5.91 Å². The summed E-state index contributed by atoms with van der Waals surface area (Å²) in [6.07, 6.45) is 5.04. The van der Waals surface area contributed by atoms with Crippen molar-refractivity contribution < 1.29 is 14.0 Å². The first-order valence-electron chi connectivity index (χ1n) is 10.3. The maximum Gasteiger partial charge on any atom is 0.321 e. The third-order valence-electron chi connectivity index (χ3n) is 5.05. The van der Waals surface area contributed by atoms with E-state index < -0.39 is 11.9 Å². The Labute approximate surface area is 185 Å². The largest absolute Gasteiger partial charge is 0.334 e. The first-order valence-corrected chi connectivity index (χ1v) is 11.2. The molecular formula is C21H27FN6O2S. The summed E-state index contributed by atoms with van der Waals surface area (Å²) >= 11 is 1.17. The zero-order valence-corrected chi connectivity index (χ0v) is 18.3. The van der Waals surface area contributed by atoms with Crippen LogP contribution in [0.25, 0.3) is 5.69 Å². The Hall–Kier alpha value is -2.72. The molecule has 1 atom stereocenters. The molecule has 1 aliphatic rings. The maximum absolute atomic E-state index is 13.5. The number of nitrogens with zero attached hydrogens (tertiary/aromatic N) is 4. The number of benzene rings is 1. The molecule has 10 heteroatoms. The molecule has 3 rings (SSSR count). The molecule has 2 heterocycles. The van der Waals surface area contributed by atoms with Gasteiger partial charge >= 0.3 is 6.03 Å². The van der Waals surface area contributed by atoms with Crippen LogP contribution < -0.4 is 10.6 Å². The second kappa shape index (κ2) is 11.1. The van der Waals surface area contributed by atoms with Crippen molar-refractivity contribution >= 4 is 23.7 Å². The van der Waals surface area contributed by atoms with Crippen LogP contribution in [0, 0.1) is 5.82 Å². The number of aromatic nitrogens is 3. The highest BCUT2D eigenvalue weighted by Crippen LogP contribution is 2.29. The molecule has 8 nitrogen and oxygen atoms in total. The highest BCUT2D eigenvalue weighted by molar-refractivity contribution is 7.99. The van der Waals surface area contributed by atoms with Gasteiger partial charge in [-0.1, -0.05) is 24.3 Å². The predicted octanol–water partition coefficient (Wildman–Crippen LogP) is 3.06. The fraction of sp³-hybridized carbons (Fsp3) is 0.429. The minimum atomic E-state index is -0.579. The Morgan fingerprint density at radius 3 is 2.61 bits per heavy atom. The lowest BCUT2D eigenvalue weighted by molar-refractivity contribution is -0.117. The number of amides is 3. The summed E-state index contributed by atoms with van der Waals surface area (Å²) < 4.78 is 15.3. The molecule has 0 spiro atoms. The van der Waals surface area contributed by atoms with Crippen LogP contribution in [-0.2, 0) is 4.79 Å². The number of nitrogens with one attached hydrogen (secondary N) is 2. The zero-order chi connectivity index (χ0) is 22.2. The number of imide groups is 1. The number of hydrogen-bond acceptors (Lipinski definition) is 6. The van der Waals surface area contributed by atoms with Gasteiger partial charge in [0.05, 0.1) is 11.8 Å². The van der Waals surface area contributed by atoms with Crippen LogP contribution >= 0.6 is 11.8 Å². The fourth-order valence-corrected chi connectivity index (χ4v) is 4.21. The average molecular weight is 447 g/mol. The SMILES string of the molecule is C=CCNC(=O)NC(=O)CSc1nnc(C(C)N2CCCCC2)n1-c1ccc(F)cc1. The summed E-state index contributed by atoms with van der Waals surface area (Å²) in [4.78, 5) is 26.1. The number of thioether (sulfide) groups is 1. The van der Waals surface area contributed by atoms with Gasteiger partial charge in [0, 0.05) is 12.2 Å². The van der Waals surface area contributed by atoms with Gasteiger partial charge in [-0.25, -0.2) is 9.18 Å². The first kappa shape index (κ1) is 23.0. The lowest BCUT2D eigenvalue weighted by Gasteiger charge is -2.31. The molecule has 2 aromatic rings. The summed E-state index contributed by atoms with van der Waals surface area (Å²) in [5, 5.41) is 14.0. The third-order valence-corrected chi connectivity index (χ3v) is 5.98. The summed E-state index contributed by atoms with van der Waals surface area (Å²) in [5.74, 6) is -0.0635. The van der Waals surface area contributed by atoms with Gasteiger partial charge in [-0.2, -0.15) is 0 Å². The standard InChI is InChI=1S/C21H27FN6O2S/c1-3-11-23-20(30)24-18(29)14-31-21-26-25-19(15(2)27-12-5-4-6-13-27)28(21)17-9-7-16(22)8-10-17/h3,7-10,15H,1,4-6,11-14H2,2H3,(H2,23,24,29,30). The van der Waals surface area contributed by atoms with Crippen molar-refractivity contribution in [3.05, 3.63) is 48.6 Å². The van der Waals surface area contributed by atoms with Gasteiger partial charge < -0.3 is 5.32 Å². The van der Waals surface area contributed by atoms with Gasteiger partial charge in [-0.15, -0.1) is 16.8 Å². The first-order chi connectivity index (χ1) is 15.0. The van der Waals surface area contributed by atoms with Gasteiger partial charge in [0.15, 0.2) is 11.0 Å². The number of halogens is 1. The Bertz CT molecular complexity index is 911. The Balaban J connectivity index is 1.78. The molecule has 0 saturated carbocycles. The van der Waals surface area contributed by atoms with E-state index in [1.165, 1.54) is 36.4 Å². The van der Waals surface area contributed by atoms with Crippen molar-refractivity contribution in [1.82, 2.24) is 30.3 Å². The molecule has 1 saturated heterocycles. The third kappa shape index (κ3) is 6.14. The summed E-state index contributed by atoms with van der Waals surface area (Å²) in [7, 11) is 0. The smallest absolute Gasteiger partial charge is 0.321 e. The van der Waals surface area contributed by atoms with Crippen LogP contribution in [0.15, 0.2) is 42.1 Å². The number of rotatable bonds is 8. The number of piperidine rings is 1. The Kier molecular flexibility index (Phi) is 8.19. The molecule has 0 bridgehead atoms. The molecule has 166 valence electrons. The molecule has 1 unspecified atom stereocenters. The molecule has 31 heavy (non-hydrogen) atoms. The van der Waals surface area contributed by atoms with E-state index in [2.05, 4.69) is 39.2 Å². The van der Waals surface area contributed by atoms with E-state index >= 15 is 0 Å². The number of hydrogen-bond donors (Lipinski definition) is 2. The van der Waals surface area contributed by atoms with Crippen molar-refractivity contribution in [1.29, 1.82) is 0 Å². The number of urea groups is 1. The predicted molar refractivity (Wildman–Crippen MR) is 118 cm³/mol. The van der Waals surface area contributed by atoms with Crippen molar-refractivity contribution in [2.75, 3.05) is 25.4 Å². The monoisotopic (exact) mass is 446 g/mol. The summed E-state index contributed by atoms with van der Waals surface area (Å²) in [5.41, 5.74) is 0.719. The summed E-state index contributed by atoms with van der Waals surface area (Å²) in [6, 6.07) is 5.54. The van der Waals surface area contributed by atoms with Gasteiger partial charge in [-0.05, 0) is 57.1 Å². The topological polar surface area (TPSA) is 92.2 Å². The van der Waals surface area contributed by atoms with E-state index in [1.54, 1.807) is 12.1 Å². The minimum Gasteiger partial charge on any atom is -0.334 e. The Morgan fingerprint density at radius 2 is 1.94 bits per heavy atom. The van der Waals surface area contributed by atoms with E-state index in [0.29, 0.717) is 5.16 Å². The van der Waals surface area contributed by atoms with Crippen LogP contribution in [0.5, 0.6) is 0 Å². The van der Waals surface area contributed by atoms with E-state index in [-0.39, 0.29) is 24.2 Å². The van der Waals surface area contributed by atoms with Crippen LogP contribution in [0.3, 0.4) is 0 Å². The molecule has 0 radical (unpaired) electrons. The molecule has 1 aromatic carbocycles. The second-order valence-electron chi connectivity index (χ2n) is 7.26. The molecule has 1 fully saturated rings. The second-order valence-corrected chi connectivity index (χ2v) is 8.20. The number of likely N-dealkylation sites (tertiary alicyclic amines) is 1. The van der Waals surface area contributed by atoms with E-state index in [9.17, 15) is 14.0 Å². The highest BCUT2D eigenvalue weighted by Gasteiger charge is 2.26. The lowest BCUT2D eigenvalue weighted by Crippen LogP contribution is -2.40. The van der Waals surface area contributed by atoms with Gasteiger partial charge in [-0.3, -0.25) is 19.6 Å². The fourth-order valence-electron chi connectivity index (χ4n) is 3.45. The highest BCUT2D eigenvalue weighted by atomic mass is 32.2. The molecule has 3 amide bonds. The molecular weight excluding hydrogens is 419 g/mol. The molecule has 0 aliphatic carbocycles. The zero-order valence-electron chi connectivity index (χ0n) is 17.5. The number of carbonyl (C=O) groups is 2. The van der Waals surface area contributed by atoms with Crippen molar-refractivity contribution in [2.45, 2.75) is 37.4 Å². The van der Waals surface area contributed by atoms with E-state index in [4.69, 9.17) is 0 Å². The quantitative estimate of drug-likeness (QED) is 0.478. The van der Waals surface area contributed by atoms with Crippen LogP contribution in [0.1, 0.15) is 38.1 Å². The van der Waals surface area contributed by atoms with Crippen LogP contribution in [-0.4, -0.2) is 57.0 Å². The lowest BCUT2D eigenvalue weighted by atomic mass is 10.1. The Morgan fingerprint density at radius 1 is 1.23 bits per heavy atom. The van der Waals surface area contributed by atoms with E-state index in [1.807, 2.05) is 4.57 Å². The minimum absolute atomic E-state index is 0.0149. The maximum atomic E-state index is 13.5. The summed E-state index contributed by atoms with van der Waals surface area (Å²) in [6.45, 7) is 7.83. The molecule has 1 aromatic heterocycles. The van der Waals surface area contributed by atoms with Crippen molar-refractivity contribution in [2.24, 2.45) is 0 Å². The van der Waals surface area contributed by atoms with Gasteiger partial charge in [0.25, 0.3) is 0 Å². The van der Waals surface area contributed by atoms with Crippen molar-refractivity contribution in [3.8, 4) is 5.69 Å². The van der Waals surface area contributed by atoms with E-state index in [0.717, 1.165) is 37.4 Å². The molecule has 1 aliphatic heterocycles. The van der Waals surface area contributed by atoms with Gasteiger partial charge in [0.1, 0.15) is 5.82 Å². The average Bonchev–Trinajstić information content (AvgIpc) is 3.20. The number of carbonyl (C=O) groups excluding carboxylic acids is 2. The van der Waals surface area contributed by atoms with Crippen LogP contribution in [0.4, 0.5) is 9.18 Å².